The average molecular weight is 707 g/mol. The van der Waals surface area contributed by atoms with E-state index in [0.717, 1.165) is 44.3 Å². The summed E-state index contributed by atoms with van der Waals surface area (Å²) in [5, 5.41) is 21.5. The first kappa shape index (κ1) is 36.1. The van der Waals surface area contributed by atoms with Gasteiger partial charge in [0, 0.05) is 44.2 Å². The van der Waals surface area contributed by atoms with Gasteiger partial charge in [0.2, 0.25) is 5.95 Å². The van der Waals surface area contributed by atoms with Crippen LogP contribution in [0.25, 0.3) is 11.1 Å². The summed E-state index contributed by atoms with van der Waals surface area (Å²) in [4.78, 5) is 15.5. The van der Waals surface area contributed by atoms with Crippen LogP contribution >= 0.6 is 0 Å². The fourth-order valence-electron chi connectivity index (χ4n) is 6.78. The van der Waals surface area contributed by atoms with Gasteiger partial charge in [0.05, 0.1) is 36.6 Å². The Balaban J connectivity index is 1.15. The maximum absolute atomic E-state index is 14.4. The molecule has 6 rings (SSSR count). The summed E-state index contributed by atoms with van der Waals surface area (Å²) in [7, 11) is 1.22. The van der Waals surface area contributed by atoms with E-state index in [2.05, 4.69) is 60.0 Å². The van der Waals surface area contributed by atoms with Crippen LogP contribution in [0.15, 0.2) is 49.4 Å². The summed E-state index contributed by atoms with van der Waals surface area (Å²) in [6.45, 7) is 6.75. The van der Waals surface area contributed by atoms with Crippen LogP contribution in [0.3, 0.4) is 0 Å². The van der Waals surface area contributed by atoms with Gasteiger partial charge < -0.3 is 24.3 Å². The van der Waals surface area contributed by atoms with E-state index in [1.807, 2.05) is 11.6 Å². The minimum atomic E-state index is -3.20. The summed E-state index contributed by atoms with van der Waals surface area (Å²) in [6.07, 6.45) is 12.0. The van der Waals surface area contributed by atoms with Crippen LogP contribution in [0.4, 0.5) is 20.4 Å². The van der Waals surface area contributed by atoms with Crippen LogP contribution in [0.2, 0.25) is 0 Å². The fraction of sp³-hybridized carbons (Fsp3) is 0.543. The number of methoxy groups -OCH3 is 1. The normalized spacial score (nSPS) is 21.9. The molecule has 51 heavy (non-hydrogen) atoms. The predicted octanol–water partition coefficient (Wildman–Crippen LogP) is 5.27. The smallest absolute Gasteiger partial charge is 0.304 e. The second-order valence-corrected chi connectivity index (χ2v) is 13.4. The van der Waals surface area contributed by atoms with E-state index in [-0.39, 0.29) is 36.2 Å². The van der Waals surface area contributed by atoms with Gasteiger partial charge in [-0.05, 0) is 64.2 Å². The molecule has 2 fully saturated rings. The largest absolute Gasteiger partial charge is 0.487 e. The van der Waals surface area contributed by atoms with Crippen molar-refractivity contribution in [1.82, 2.24) is 39.4 Å². The lowest BCUT2D eigenvalue weighted by Crippen LogP contribution is -2.51. The molecule has 3 atom stereocenters. The zero-order valence-corrected chi connectivity index (χ0v) is 29.3. The van der Waals surface area contributed by atoms with Gasteiger partial charge in [0.25, 0.3) is 5.88 Å². The monoisotopic (exact) mass is 706 g/mol. The van der Waals surface area contributed by atoms with Gasteiger partial charge in [0.1, 0.15) is 42.9 Å². The van der Waals surface area contributed by atoms with E-state index in [4.69, 9.17) is 14.2 Å². The molecule has 0 radical (unpaired) electrons. The Morgan fingerprint density at radius 2 is 1.78 bits per heavy atom. The molecule has 3 aromatic heterocycles. The van der Waals surface area contributed by atoms with Crippen molar-refractivity contribution in [1.29, 1.82) is 5.26 Å². The second kappa shape index (κ2) is 16.1. The van der Waals surface area contributed by atoms with Crippen LogP contribution in [-0.2, 0) is 16.0 Å². The number of ether oxygens (including phenoxy) is 4. The van der Waals surface area contributed by atoms with Gasteiger partial charge in [-0.15, -0.1) is 5.10 Å². The van der Waals surface area contributed by atoms with Crippen molar-refractivity contribution in [3.8, 4) is 28.8 Å². The Morgan fingerprint density at radius 3 is 2.45 bits per heavy atom. The van der Waals surface area contributed by atoms with Gasteiger partial charge in [-0.3, -0.25) is 9.58 Å². The number of morpholine rings is 1. The molecule has 0 bridgehead atoms. The van der Waals surface area contributed by atoms with Gasteiger partial charge in [-0.2, -0.15) is 10.4 Å². The predicted molar refractivity (Wildman–Crippen MR) is 183 cm³/mol. The summed E-state index contributed by atoms with van der Waals surface area (Å²) in [5.41, 5.74) is 2.20. The summed E-state index contributed by atoms with van der Waals surface area (Å²) < 4.78 is 54.5. The molecule has 1 N–H and O–H groups in total. The standard InChI is InChI=1S/C35H44F2N10O4/c1-23-15-45(16-24(2)50-23)29-7-9-30(10-8-29)47-18-31(33(44-47)49-20-35(36,37)19-48-4)43-34-40-13-28(14-41-34)26-5-6-27(12-38)32(11-26)51-25(3)17-46-22-39-21-42-46/h5-6,11,13-14,18,21-25,29-30H,7-10,15-17,19-20H2,1-4H3,(H,40,41,43)/t23-,24+,25-,29-,30-/m0/s1. The summed E-state index contributed by atoms with van der Waals surface area (Å²) in [6, 6.07) is 7.98. The third kappa shape index (κ3) is 9.34. The molecular weight excluding hydrogens is 662 g/mol. The van der Waals surface area contributed by atoms with Crippen molar-refractivity contribution in [2.24, 2.45) is 0 Å². The zero-order chi connectivity index (χ0) is 36.0. The number of nitrogens with zero attached hydrogens (tertiary/aromatic N) is 9. The highest BCUT2D eigenvalue weighted by molar-refractivity contribution is 5.67. The Labute approximate surface area is 295 Å². The molecule has 1 saturated heterocycles. The first-order chi connectivity index (χ1) is 24.6. The minimum Gasteiger partial charge on any atom is -0.487 e. The topological polar surface area (TPSA) is 150 Å². The first-order valence-electron chi connectivity index (χ1n) is 17.2. The third-order valence-electron chi connectivity index (χ3n) is 9.05. The second-order valence-electron chi connectivity index (χ2n) is 13.4. The number of hydrogen-bond donors (Lipinski definition) is 1. The lowest BCUT2D eigenvalue weighted by molar-refractivity contribution is -0.0918. The maximum Gasteiger partial charge on any atom is 0.304 e. The SMILES string of the molecule is COCC(F)(F)COc1nn([C@H]2CC[C@H](N3C[C@@H](C)O[C@@H](C)C3)CC2)cc1Nc1ncc(-c2ccc(C#N)c(O[C@@H](C)Cn3cncn3)c2)cn1. The highest BCUT2D eigenvalue weighted by Gasteiger charge is 2.34. The van der Waals surface area contributed by atoms with Crippen molar-refractivity contribution in [2.75, 3.05) is 38.7 Å². The summed E-state index contributed by atoms with van der Waals surface area (Å²) in [5.74, 6) is -2.51. The molecule has 16 heteroatoms. The lowest BCUT2D eigenvalue weighted by Gasteiger charge is -2.42. The van der Waals surface area contributed by atoms with Gasteiger partial charge in [-0.25, -0.2) is 28.4 Å². The van der Waals surface area contributed by atoms with Crippen molar-refractivity contribution in [3.05, 3.63) is 55.0 Å². The minimum absolute atomic E-state index is 0.0327. The number of halogens is 2. The van der Waals surface area contributed by atoms with E-state index in [1.165, 1.54) is 13.4 Å². The summed E-state index contributed by atoms with van der Waals surface area (Å²) >= 11 is 0. The molecule has 0 spiro atoms. The molecular formula is C35H44F2N10O4. The number of benzene rings is 1. The van der Waals surface area contributed by atoms with Crippen LogP contribution in [0.1, 0.15) is 58.1 Å². The van der Waals surface area contributed by atoms with Gasteiger partial charge in [-0.1, -0.05) is 6.07 Å². The van der Waals surface area contributed by atoms with Crippen molar-refractivity contribution in [2.45, 2.75) is 89.3 Å². The van der Waals surface area contributed by atoms with Gasteiger partial charge >= 0.3 is 5.92 Å². The number of nitrogens with one attached hydrogen (secondary N) is 1. The van der Waals surface area contributed by atoms with Crippen LogP contribution < -0.4 is 14.8 Å². The molecule has 4 heterocycles. The van der Waals surface area contributed by atoms with Crippen molar-refractivity contribution < 1.29 is 27.7 Å². The molecule has 0 amide bonds. The van der Waals surface area contributed by atoms with Crippen LogP contribution in [0, 0.1) is 11.3 Å². The molecule has 4 aromatic rings. The first-order valence-corrected chi connectivity index (χ1v) is 17.2. The number of rotatable bonds is 14. The van der Waals surface area contributed by atoms with Crippen LogP contribution in [0.5, 0.6) is 11.6 Å². The molecule has 14 nitrogen and oxygen atoms in total. The number of hydrogen-bond acceptors (Lipinski definition) is 12. The van der Waals surface area contributed by atoms with Crippen molar-refractivity contribution >= 4 is 11.6 Å². The number of anilines is 2. The van der Waals surface area contributed by atoms with Crippen LogP contribution in [-0.4, -0.2) is 103 Å². The highest BCUT2D eigenvalue weighted by Crippen LogP contribution is 2.36. The maximum atomic E-state index is 14.4. The lowest BCUT2D eigenvalue weighted by atomic mass is 9.89. The molecule has 2 aliphatic rings. The Bertz CT molecular complexity index is 1750. The van der Waals surface area contributed by atoms with E-state index in [9.17, 15) is 14.0 Å². The average Bonchev–Trinajstić information content (AvgIpc) is 3.77. The quantitative estimate of drug-likeness (QED) is 0.182. The van der Waals surface area contributed by atoms with E-state index >= 15 is 0 Å². The molecule has 1 aliphatic carbocycles. The van der Waals surface area contributed by atoms with E-state index in [0.29, 0.717) is 35.2 Å². The highest BCUT2D eigenvalue weighted by atomic mass is 19.3. The van der Waals surface area contributed by atoms with E-state index < -0.39 is 19.1 Å². The fourth-order valence-corrected chi connectivity index (χ4v) is 6.78. The van der Waals surface area contributed by atoms with Crippen molar-refractivity contribution in [3.63, 3.8) is 0 Å². The Hall–Kier alpha value is -4.72. The number of alkyl halides is 2. The molecule has 0 unspecified atom stereocenters. The number of aromatic nitrogens is 7. The van der Waals surface area contributed by atoms with Gasteiger partial charge in [0.15, 0.2) is 6.61 Å². The third-order valence-corrected chi connectivity index (χ3v) is 9.05. The van der Waals surface area contributed by atoms with E-state index in [1.54, 1.807) is 47.8 Å². The Morgan fingerprint density at radius 1 is 1.06 bits per heavy atom. The molecule has 1 aromatic carbocycles. The molecule has 1 aliphatic heterocycles. The molecule has 1 saturated carbocycles. The number of nitriles is 1. The zero-order valence-electron chi connectivity index (χ0n) is 29.3. The Kier molecular flexibility index (Phi) is 11.4. The molecule has 272 valence electrons.